The Balaban J connectivity index is 1.44. The minimum Gasteiger partial charge on any atom is -0.322 e. The predicted octanol–water partition coefficient (Wildman–Crippen LogP) is 6.12. The molecule has 1 saturated heterocycles. The van der Waals surface area contributed by atoms with Crippen molar-refractivity contribution in [3.8, 4) is 0 Å². The fourth-order valence-electron chi connectivity index (χ4n) is 2.99. The number of benzene rings is 2. The molecule has 0 bridgehead atoms. The van der Waals surface area contributed by atoms with Gasteiger partial charge in [-0.05, 0) is 65.3 Å². The van der Waals surface area contributed by atoms with Crippen molar-refractivity contribution in [2.75, 3.05) is 22.1 Å². The molecule has 2 N–H and O–H groups in total. The minimum absolute atomic E-state index is 0.173. The first kappa shape index (κ1) is 20.1. The second-order valence-corrected chi connectivity index (χ2v) is 10.2. The van der Waals surface area contributed by atoms with E-state index in [9.17, 15) is 9.59 Å². The molecule has 1 fully saturated rings. The minimum atomic E-state index is -0.196. The third-order valence-electron chi connectivity index (χ3n) is 4.37. The van der Waals surface area contributed by atoms with Crippen LogP contribution in [0.1, 0.15) is 36.6 Å². The molecule has 148 valence electrons. The first-order valence-corrected chi connectivity index (χ1v) is 12.3. The van der Waals surface area contributed by atoms with Gasteiger partial charge < -0.3 is 10.6 Å². The van der Waals surface area contributed by atoms with E-state index in [2.05, 4.69) is 22.8 Å². The van der Waals surface area contributed by atoms with Crippen LogP contribution in [0, 0.1) is 0 Å². The summed E-state index contributed by atoms with van der Waals surface area (Å²) in [6.45, 7) is 0. The SMILES string of the molecule is O=C(Nc1cccc(C2SCCCS2)c1)c1cccc(NC(=O)c2cccs2)c1. The van der Waals surface area contributed by atoms with Crippen molar-refractivity contribution in [3.63, 3.8) is 0 Å². The van der Waals surface area contributed by atoms with Crippen molar-refractivity contribution in [2.45, 2.75) is 11.0 Å². The number of carbonyl (C=O) groups is 2. The summed E-state index contributed by atoms with van der Waals surface area (Å²) in [6, 6.07) is 18.6. The number of thiophene rings is 1. The topological polar surface area (TPSA) is 58.2 Å². The Morgan fingerprint density at radius 2 is 1.55 bits per heavy atom. The van der Waals surface area contributed by atoms with Gasteiger partial charge in [0.2, 0.25) is 0 Å². The van der Waals surface area contributed by atoms with Crippen LogP contribution in [0.4, 0.5) is 11.4 Å². The molecular formula is C22H20N2O2S3. The number of hydrogen-bond donors (Lipinski definition) is 2. The monoisotopic (exact) mass is 440 g/mol. The number of thioether (sulfide) groups is 2. The lowest BCUT2D eigenvalue weighted by atomic mass is 10.1. The molecule has 0 radical (unpaired) electrons. The fraction of sp³-hybridized carbons (Fsp3) is 0.182. The molecule has 2 heterocycles. The lowest BCUT2D eigenvalue weighted by molar-refractivity contribution is 0.101. The number of carbonyl (C=O) groups excluding carboxylic acids is 2. The molecule has 0 atom stereocenters. The molecule has 2 amide bonds. The van der Waals surface area contributed by atoms with Gasteiger partial charge >= 0.3 is 0 Å². The van der Waals surface area contributed by atoms with E-state index in [1.807, 2.05) is 47.1 Å². The van der Waals surface area contributed by atoms with Gasteiger partial charge in [-0.25, -0.2) is 0 Å². The van der Waals surface area contributed by atoms with Crippen molar-refractivity contribution in [3.05, 3.63) is 82.0 Å². The summed E-state index contributed by atoms with van der Waals surface area (Å²) in [4.78, 5) is 25.6. The van der Waals surface area contributed by atoms with Gasteiger partial charge in [0.25, 0.3) is 11.8 Å². The van der Waals surface area contributed by atoms with Crippen LogP contribution in [0.2, 0.25) is 0 Å². The van der Waals surface area contributed by atoms with Crippen molar-refractivity contribution in [1.29, 1.82) is 0 Å². The second-order valence-electron chi connectivity index (χ2n) is 6.52. The number of hydrogen-bond acceptors (Lipinski definition) is 5. The molecule has 2 aromatic carbocycles. The smallest absolute Gasteiger partial charge is 0.265 e. The highest BCUT2D eigenvalue weighted by molar-refractivity contribution is 8.16. The Kier molecular flexibility index (Phi) is 6.59. The number of amides is 2. The van der Waals surface area contributed by atoms with Crippen LogP contribution in [0.15, 0.2) is 66.0 Å². The molecule has 1 aliphatic rings. The van der Waals surface area contributed by atoms with E-state index in [0.29, 0.717) is 20.7 Å². The van der Waals surface area contributed by atoms with E-state index >= 15 is 0 Å². The van der Waals surface area contributed by atoms with Gasteiger partial charge in [0.1, 0.15) is 0 Å². The van der Waals surface area contributed by atoms with Crippen molar-refractivity contribution in [2.24, 2.45) is 0 Å². The zero-order valence-corrected chi connectivity index (χ0v) is 18.0. The zero-order chi connectivity index (χ0) is 20.1. The highest BCUT2D eigenvalue weighted by atomic mass is 32.2. The maximum absolute atomic E-state index is 12.7. The van der Waals surface area contributed by atoms with Crippen LogP contribution >= 0.6 is 34.9 Å². The molecule has 0 unspecified atom stereocenters. The van der Waals surface area contributed by atoms with Crippen molar-refractivity contribution in [1.82, 2.24) is 0 Å². The molecule has 29 heavy (non-hydrogen) atoms. The highest BCUT2D eigenvalue weighted by Gasteiger charge is 2.17. The summed E-state index contributed by atoms with van der Waals surface area (Å²) in [7, 11) is 0. The van der Waals surface area contributed by atoms with Gasteiger partial charge in [0, 0.05) is 16.9 Å². The first-order valence-electron chi connectivity index (χ1n) is 9.28. The van der Waals surface area contributed by atoms with Gasteiger partial charge in [0.15, 0.2) is 0 Å². The Morgan fingerprint density at radius 1 is 0.828 bits per heavy atom. The van der Waals surface area contributed by atoms with Crippen LogP contribution < -0.4 is 10.6 Å². The highest BCUT2D eigenvalue weighted by Crippen LogP contribution is 2.44. The molecule has 0 saturated carbocycles. The van der Waals surface area contributed by atoms with E-state index in [0.717, 1.165) is 5.69 Å². The molecule has 4 rings (SSSR count). The second kappa shape index (κ2) is 9.52. The van der Waals surface area contributed by atoms with E-state index < -0.39 is 0 Å². The molecule has 3 aromatic rings. The quantitative estimate of drug-likeness (QED) is 0.502. The number of anilines is 2. The summed E-state index contributed by atoms with van der Waals surface area (Å²) >= 11 is 5.30. The molecule has 4 nitrogen and oxygen atoms in total. The normalized spacial score (nSPS) is 14.3. The third-order valence-corrected chi connectivity index (χ3v) is 8.26. The van der Waals surface area contributed by atoms with E-state index in [1.165, 1.54) is 34.8 Å². The van der Waals surface area contributed by atoms with Crippen LogP contribution in [0.5, 0.6) is 0 Å². The Bertz CT molecular complexity index is 999. The van der Waals surface area contributed by atoms with Crippen LogP contribution in [0.3, 0.4) is 0 Å². The standard InChI is InChI=1S/C22H20N2O2S3/c25-20(23-18-8-2-6-16(14-18)22-28-11-4-12-29-22)15-5-1-7-17(13-15)24-21(26)19-9-3-10-27-19/h1-3,5-10,13-14,22H,4,11-12H2,(H,23,25)(H,24,26). The van der Waals surface area contributed by atoms with E-state index in [1.54, 1.807) is 30.3 Å². The molecule has 7 heteroatoms. The van der Waals surface area contributed by atoms with Gasteiger partial charge in [-0.1, -0.05) is 24.3 Å². The molecule has 1 aliphatic heterocycles. The van der Waals surface area contributed by atoms with E-state index in [4.69, 9.17) is 0 Å². The number of nitrogens with one attached hydrogen (secondary N) is 2. The van der Waals surface area contributed by atoms with Crippen molar-refractivity contribution < 1.29 is 9.59 Å². The summed E-state index contributed by atoms with van der Waals surface area (Å²) < 4.78 is 0.427. The van der Waals surface area contributed by atoms with Crippen LogP contribution in [0.25, 0.3) is 0 Å². The van der Waals surface area contributed by atoms with E-state index in [-0.39, 0.29) is 11.8 Å². The average molecular weight is 441 g/mol. The Labute approximate surface area is 182 Å². The van der Waals surface area contributed by atoms with Crippen molar-refractivity contribution >= 4 is 58.0 Å². The van der Waals surface area contributed by atoms with Crippen LogP contribution in [-0.4, -0.2) is 23.3 Å². The Hall–Kier alpha value is -2.22. The van der Waals surface area contributed by atoms with Crippen LogP contribution in [-0.2, 0) is 0 Å². The third kappa shape index (κ3) is 5.23. The summed E-state index contributed by atoms with van der Waals surface area (Å²) in [6.07, 6.45) is 1.25. The number of rotatable bonds is 5. The summed E-state index contributed by atoms with van der Waals surface area (Å²) in [5, 5.41) is 7.68. The average Bonchev–Trinajstić information content (AvgIpc) is 3.30. The van der Waals surface area contributed by atoms with Gasteiger partial charge in [0.05, 0.1) is 9.46 Å². The largest absolute Gasteiger partial charge is 0.322 e. The molecule has 0 aliphatic carbocycles. The van der Waals surface area contributed by atoms with Gasteiger partial charge in [-0.2, -0.15) is 0 Å². The lowest BCUT2D eigenvalue weighted by Crippen LogP contribution is -2.14. The zero-order valence-electron chi connectivity index (χ0n) is 15.6. The molecular weight excluding hydrogens is 420 g/mol. The predicted molar refractivity (Wildman–Crippen MR) is 125 cm³/mol. The maximum atomic E-state index is 12.7. The molecule has 0 spiro atoms. The fourth-order valence-corrected chi connectivity index (χ4v) is 6.48. The molecule has 1 aromatic heterocycles. The van der Waals surface area contributed by atoms with Gasteiger partial charge in [-0.15, -0.1) is 34.9 Å². The maximum Gasteiger partial charge on any atom is 0.265 e. The first-order chi connectivity index (χ1) is 14.2. The van der Waals surface area contributed by atoms with Gasteiger partial charge in [-0.3, -0.25) is 9.59 Å². The Morgan fingerprint density at radius 3 is 2.31 bits per heavy atom. The summed E-state index contributed by atoms with van der Waals surface area (Å²) in [5.41, 5.74) is 3.11. The summed E-state index contributed by atoms with van der Waals surface area (Å²) in [5.74, 6) is 1.99. The lowest BCUT2D eigenvalue weighted by Gasteiger charge is -2.21.